The van der Waals surface area contributed by atoms with E-state index in [9.17, 15) is 24.3 Å². The summed E-state index contributed by atoms with van der Waals surface area (Å²) in [6.45, 7) is 17.6. The van der Waals surface area contributed by atoms with Gasteiger partial charge in [0.15, 0.2) is 0 Å². The second-order valence-corrected chi connectivity index (χ2v) is 17.4. The predicted molar refractivity (Wildman–Crippen MR) is 205 cm³/mol. The number of nitrogens with zero attached hydrogens (tertiary/aromatic N) is 5. The lowest BCUT2D eigenvalue weighted by Gasteiger charge is -2.40. The molecule has 1 aromatic heterocycles. The number of carbonyl (C=O) groups is 4. The first kappa shape index (κ1) is 38.2. The van der Waals surface area contributed by atoms with Crippen LogP contribution >= 0.6 is 11.3 Å². The Balaban J connectivity index is 1.14. The van der Waals surface area contributed by atoms with Crippen LogP contribution in [0.4, 0.5) is 10.5 Å². The first-order chi connectivity index (χ1) is 24.9. The Labute approximate surface area is 316 Å². The van der Waals surface area contributed by atoms with Crippen molar-refractivity contribution in [2.45, 2.75) is 98.2 Å². The summed E-state index contributed by atoms with van der Waals surface area (Å²) in [5.74, 6) is -0.940. The van der Waals surface area contributed by atoms with Crippen molar-refractivity contribution in [2.24, 2.45) is 5.41 Å². The summed E-state index contributed by atoms with van der Waals surface area (Å²) < 4.78 is 5.54. The van der Waals surface area contributed by atoms with Crippen LogP contribution in [0.15, 0.2) is 48.0 Å². The number of aryl methyl sites for hydroxylation is 1. The van der Waals surface area contributed by atoms with Crippen molar-refractivity contribution < 1.29 is 29.0 Å². The van der Waals surface area contributed by atoms with Gasteiger partial charge in [-0.15, -0.1) is 11.3 Å². The molecule has 13 heteroatoms. The smallest absolute Gasteiger partial charge is 0.410 e. The van der Waals surface area contributed by atoms with Gasteiger partial charge in [-0.05, 0) is 68.9 Å². The number of hydrogen-bond donors (Lipinski definition) is 2. The molecule has 4 heterocycles. The Morgan fingerprint density at radius 3 is 2.28 bits per heavy atom. The summed E-state index contributed by atoms with van der Waals surface area (Å²) in [7, 11) is 0. The number of anilines is 1. The number of benzene rings is 2. The molecule has 3 aliphatic heterocycles. The van der Waals surface area contributed by atoms with Gasteiger partial charge in [0.25, 0.3) is 5.91 Å². The number of carbonyl (C=O) groups excluding carboxylic acids is 4. The van der Waals surface area contributed by atoms with Crippen LogP contribution < -0.4 is 10.2 Å². The zero-order valence-electron chi connectivity index (χ0n) is 32.0. The van der Waals surface area contributed by atoms with Crippen LogP contribution in [0.2, 0.25) is 0 Å². The number of nitrogens with one attached hydrogen (secondary N) is 1. The molecule has 0 saturated carbocycles. The summed E-state index contributed by atoms with van der Waals surface area (Å²) >= 11 is 1.58. The standard InChI is InChI=1S/C40H52N6O6S/c1-24(26-9-11-27(12-10-26)33-25(2)41-23-53-33)42-35(48)32-20-30(47)22-45(32)37(50)34(39(3,4)5)46-21-28-13-14-29(19-31(28)36(46)49)43-15-17-44(18-16-43)38(51)52-40(6,7)8/h9-14,19,23-24,30,32,34,47H,15-18,20-22H2,1-8H3,(H,42,48)/t24-,30+,32-,34+/m0/s1. The number of ether oxygens (including phenoxy) is 1. The van der Waals surface area contributed by atoms with E-state index in [0.29, 0.717) is 31.7 Å². The van der Waals surface area contributed by atoms with E-state index in [-0.39, 0.29) is 49.4 Å². The highest BCUT2D eigenvalue weighted by atomic mass is 32.1. The fraction of sp³-hybridized carbons (Fsp3) is 0.525. The molecular weight excluding hydrogens is 693 g/mol. The number of thiazole rings is 1. The fourth-order valence-corrected chi connectivity index (χ4v) is 8.33. The van der Waals surface area contributed by atoms with Gasteiger partial charge >= 0.3 is 6.09 Å². The molecule has 2 N–H and O–H groups in total. The number of rotatable bonds is 7. The van der Waals surface area contributed by atoms with Gasteiger partial charge in [-0.25, -0.2) is 9.78 Å². The molecule has 0 spiro atoms. The largest absolute Gasteiger partial charge is 0.444 e. The van der Waals surface area contributed by atoms with Crippen molar-refractivity contribution in [2.75, 3.05) is 37.6 Å². The molecule has 0 radical (unpaired) electrons. The minimum absolute atomic E-state index is 0.00911. The third-order valence-corrected chi connectivity index (χ3v) is 11.2. The Kier molecular flexibility index (Phi) is 10.6. The highest BCUT2D eigenvalue weighted by Gasteiger charge is 2.49. The number of aliphatic hydroxyl groups excluding tert-OH is 1. The number of aliphatic hydroxyl groups is 1. The van der Waals surface area contributed by atoms with E-state index in [1.54, 1.807) is 21.1 Å². The molecule has 0 bridgehead atoms. The Morgan fingerprint density at radius 2 is 1.68 bits per heavy atom. The van der Waals surface area contributed by atoms with E-state index >= 15 is 0 Å². The number of β-amino-alcohol motifs (C(OH)–C–C–N with tert-alkyl or cyclic N) is 1. The minimum Gasteiger partial charge on any atom is -0.444 e. The van der Waals surface area contributed by atoms with E-state index in [1.807, 2.05) is 103 Å². The quantitative estimate of drug-likeness (QED) is 0.329. The molecule has 12 nitrogen and oxygen atoms in total. The van der Waals surface area contributed by atoms with E-state index in [0.717, 1.165) is 32.9 Å². The summed E-state index contributed by atoms with van der Waals surface area (Å²) in [6, 6.07) is 11.7. The highest BCUT2D eigenvalue weighted by Crippen LogP contribution is 2.37. The summed E-state index contributed by atoms with van der Waals surface area (Å²) in [4.78, 5) is 67.4. The van der Waals surface area contributed by atoms with Crippen LogP contribution in [-0.4, -0.2) is 105 Å². The van der Waals surface area contributed by atoms with Crippen LogP contribution in [0.3, 0.4) is 0 Å². The molecule has 53 heavy (non-hydrogen) atoms. The van der Waals surface area contributed by atoms with Gasteiger partial charge in [0, 0.05) is 56.9 Å². The second-order valence-electron chi connectivity index (χ2n) is 16.5. The van der Waals surface area contributed by atoms with Crippen molar-refractivity contribution in [3.63, 3.8) is 0 Å². The average molecular weight is 745 g/mol. The van der Waals surface area contributed by atoms with E-state index in [2.05, 4.69) is 15.2 Å². The number of likely N-dealkylation sites (tertiary alicyclic amines) is 1. The van der Waals surface area contributed by atoms with Gasteiger partial charge in [-0.3, -0.25) is 14.4 Å². The van der Waals surface area contributed by atoms with Crippen molar-refractivity contribution in [3.8, 4) is 10.4 Å². The van der Waals surface area contributed by atoms with E-state index < -0.39 is 29.2 Å². The third kappa shape index (κ3) is 8.21. The molecule has 0 aliphatic carbocycles. The summed E-state index contributed by atoms with van der Waals surface area (Å²) in [5, 5.41) is 13.8. The summed E-state index contributed by atoms with van der Waals surface area (Å²) in [6.07, 6.45) is -1.08. The lowest BCUT2D eigenvalue weighted by Crippen LogP contribution is -2.58. The van der Waals surface area contributed by atoms with Crippen molar-refractivity contribution >= 4 is 40.8 Å². The Morgan fingerprint density at radius 1 is 1.00 bits per heavy atom. The Bertz CT molecular complexity index is 1860. The van der Waals surface area contributed by atoms with Gasteiger partial charge in [0.2, 0.25) is 11.8 Å². The number of amides is 4. The first-order valence-corrected chi connectivity index (χ1v) is 19.3. The molecule has 3 aromatic rings. The lowest BCUT2D eigenvalue weighted by atomic mass is 9.84. The van der Waals surface area contributed by atoms with Crippen LogP contribution in [0.25, 0.3) is 10.4 Å². The molecule has 3 aliphatic rings. The van der Waals surface area contributed by atoms with Crippen LogP contribution in [0, 0.1) is 12.3 Å². The molecule has 284 valence electrons. The molecule has 2 fully saturated rings. The van der Waals surface area contributed by atoms with Crippen molar-refractivity contribution in [1.29, 1.82) is 0 Å². The maximum absolute atomic E-state index is 14.5. The third-order valence-electron chi connectivity index (χ3n) is 10.2. The average Bonchev–Trinajstić information content (AvgIpc) is 3.80. The molecule has 6 rings (SSSR count). The number of piperazine rings is 1. The Hall–Kier alpha value is -4.49. The molecule has 4 amide bonds. The SMILES string of the molecule is Cc1ncsc1-c1ccc([C@H](C)NC(=O)[C@@H]2C[C@@H](O)CN2C(=O)[C@@H](N2Cc3ccc(N4CCN(C(=O)OC(C)(C)C)CC4)cc3C2=O)C(C)(C)C)cc1. The fourth-order valence-electron chi connectivity index (χ4n) is 7.52. The molecule has 4 atom stereocenters. The predicted octanol–water partition coefficient (Wildman–Crippen LogP) is 5.39. The van der Waals surface area contributed by atoms with Gasteiger partial charge in [-0.2, -0.15) is 0 Å². The summed E-state index contributed by atoms with van der Waals surface area (Å²) in [5.41, 5.74) is 5.78. The van der Waals surface area contributed by atoms with Crippen LogP contribution in [-0.2, 0) is 20.9 Å². The molecule has 2 saturated heterocycles. The highest BCUT2D eigenvalue weighted by molar-refractivity contribution is 7.13. The van der Waals surface area contributed by atoms with Crippen molar-refractivity contribution in [3.05, 3.63) is 70.4 Å². The van der Waals surface area contributed by atoms with Gasteiger partial charge in [-0.1, -0.05) is 51.1 Å². The van der Waals surface area contributed by atoms with Gasteiger partial charge in [0.1, 0.15) is 17.7 Å². The maximum Gasteiger partial charge on any atom is 0.410 e. The number of aromatic nitrogens is 1. The zero-order chi connectivity index (χ0) is 38.4. The maximum atomic E-state index is 14.5. The number of fused-ring (bicyclic) bond motifs is 1. The van der Waals surface area contributed by atoms with Gasteiger partial charge < -0.3 is 34.8 Å². The first-order valence-electron chi connectivity index (χ1n) is 18.4. The van der Waals surface area contributed by atoms with Crippen molar-refractivity contribution in [1.82, 2.24) is 25.0 Å². The molecule has 0 unspecified atom stereocenters. The van der Waals surface area contributed by atoms with E-state index in [4.69, 9.17) is 4.74 Å². The molecular formula is C40H52N6O6S. The zero-order valence-corrected chi connectivity index (χ0v) is 32.8. The normalized spacial score (nSPS) is 20.4. The number of hydrogen-bond acceptors (Lipinski definition) is 9. The topological polar surface area (TPSA) is 136 Å². The van der Waals surface area contributed by atoms with E-state index in [1.165, 1.54) is 4.90 Å². The second kappa shape index (κ2) is 14.7. The monoisotopic (exact) mass is 744 g/mol. The minimum atomic E-state index is -0.880. The van der Waals surface area contributed by atoms with Crippen LogP contribution in [0.5, 0.6) is 0 Å². The lowest BCUT2D eigenvalue weighted by molar-refractivity contribution is -0.145. The van der Waals surface area contributed by atoms with Gasteiger partial charge in [0.05, 0.1) is 28.2 Å². The molecule has 2 aromatic carbocycles. The van der Waals surface area contributed by atoms with Crippen LogP contribution in [0.1, 0.15) is 88.1 Å².